The molecule has 0 saturated carbocycles. The molecule has 0 spiro atoms. The zero-order valence-corrected chi connectivity index (χ0v) is 22.7. The molecule has 0 radical (unpaired) electrons. The van der Waals surface area contributed by atoms with Crippen LogP contribution in [0.5, 0.6) is 0 Å². The molecule has 212 valence electrons. The summed E-state index contributed by atoms with van der Waals surface area (Å²) in [5.74, 6) is 7.06. The molecule has 37 heavy (non-hydrogen) atoms. The fraction of sp³-hybridized carbons (Fsp3) is 0.636. The second-order valence-corrected chi connectivity index (χ2v) is 12.8. The number of imide groups is 1. The molecule has 0 atom stereocenters. The predicted octanol–water partition coefficient (Wildman–Crippen LogP) is -1.15. The summed E-state index contributed by atoms with van der Waals surface area (Å²) in [6, 6.07) is 6.57. The molecule has 3 aliphatic heterocycles. The van der Waals surface area contributed by atoms with E-state index in [1.165, 1.54) is 4.31 Å². The van der Waals surface area contributed by atoms with E-state index >= 15 is 0 Å². The largest absolute Gasteiger partial charge is 0.412 e. The zero-order valence-electron chi connectivity index (χ0n) is 21.0. The van der Waals surface area contributed by atoms with Gasteiger partial charge < -0.3 is 11.2 Å². The number of nitrogens with zero attached hydrogens (tertiary/aromatic N) is 3. The van der Waals surface area contributed by atoms with Crippen LogP contribution in [-0.2, 0) is 20.0 Å². The number of benzene rings is 1. The Hall–Kier alpha value is -1.98. The second kappa shape index (κ2) is 15.4. The van der Waals surface area contributed by atoms with Crippen LogP contribution in [-0.4, -0.2) is 98.4 Å². The van der Waals surface area contributed by atoms with Crippen molar-refractivity contribution in [2.24, 2.45) is 17.4 Å². The molecule has 2 fully saturated rings. The van der Waals surface area contributed by atoms with Crippen LogP contribution in [0.1, 0.15) is 59.2 Å². The Bertz CT molecular complexity index is 1050. The van der Waals surface area contributed by atoms with E-state index in [2.05, 4.69) is 11.7 Å². The first-order chi connectivity index (χ1) is 17.2. The lowest BCUT2D eigenvalue weighted by atomic mass is 10.1. The van der Waals surface area contributed by atoms with Gasteiger partial charge in [0.2, 0.25) is 20.0 Å². The van der Waals surface area contributed by atoms with E-state index in [9.17, 15) is 26.4 Å². The van der Waals surface area contributed by atoms with E-state index in [4.69, 9.17) is 5.73 Å². The number of carbonyl (C=O) groups excluding carboxylic acids is 2. The minimum absolute atomic E-state index is 0. The molecule has 0 aromatic heterocycles. The minimum Gasteiger partial charge on any atom is -0.412 e. The highest BCUT2D eigenvalue weighted by Gasteiger charge is 2.36. The molecular weight excluding hydrogens is 524 g/mol. The van der Waals surface area contributed by atoms with Crippen LogP contribution < -0.4 is 17.4 Å². The number of piperidine rings is 2. The molecule has 3 aliphatic rings. The lowest BCUT2D eigenvalue weighted by Gasteiger charge is -2.26. The molecule has 3 heterocycles. The van der Waals surface area contributed by atoms with Crippen molar-refractivity contribution in [3.8, 4) is 0 Å². The second-order valence-electron chi connectivity index (χ2n) is 8.65. The molecule has 1 aromatic rings. The predicted molar refractivity (Wildman–Crippen MR) is 141 cm³/mol. The molecule has 13 nitrogen and oxygen atoms in total. The monoisotopic (exact) mass is 564 g/mol. The van der Waals surface area contributed by atoms with Crippen molar-refractivity contribution in [3.05, 3.63) is 35.4 Å². The van der Waals surface area contributed by atoms with Gasteiger partial charge in [-0.25, -0.2) is 25.4 Å². The van der Waals surface area contributed by atoms with Crippen LogP contribution in [0, 0.1) is 0 Å². The number of hydrogen-bond acceptors (Lipinski definition) is 9. The van der Waals surface area contributed by atoms with Gasteiger partial charge in [-0.05, 0) is 37.8 Å². The first-order valence-corrected chi connectivity index (χ1v) is 15.3. The van der Waals surface area contributed by atoms with Crippen LogP contribution in [0.25, 0.3) is 0 Å². The molecule has 0 aliphatic carbocycles. The number of carbonyl (C=O) groups is 2. The number of rotatable bonds is 7. The summed E-state index contributed by atoms with van der Waals surface area (Å²) in [5.41, 5.74) is 5.92. The Labute approximate surface area is 219 Å². The molecule has 1 aromatic carbocycles. The maximum atomic E-state index is 12.3. The third-order valence-electron chi connectivity index (χ3n) is 6.24. The normalized spacial score (nSPS) is 18.6. The minimum atomic E-state index is -3.42. The summed E-state index contributed by atoms with van der Waals surface area (Å²) < 4.78 is 50.5. The third kappa shape index (κ3) is 8.78. The number of hydrazine groups is 1. The van der Waals surface area contributed by atoms with E-state index in [-0.39, 0.29) is 30.1 Å². The average molecular weight is 565 g/mol. The van der Waals surface area contributed by atoms with Gasteiger partial charge in [0, 0.05) is 39.3 Å². The van der Waals surface area contributed by atoms with Crippen molar-refractivity contribution in [2.75, 3.05) is 50.8 Å². The van der Waals surface area contributed by atoms with E-state index < -0.39 is 31.9 Å². The summed E-state index contributed by atoms with van der Waals surface area (Å²) in [7, 11) is -6.44. The molecular formula is C22H40N6O7S2. The van der Waals surface area contributed by atoms with Gasteiger partial charge in [-0.3, -0.25) is 26.2 Å². The summed E-state index contributed by atoms with van der Waals surface area (Å²) in [6.45, 7) is 2.56. The van der Waals surface area contributed by atoms with Crippen LogP contribution in [0.2, 0.25) is 0 Å². The van der Waals surface area contributed by atoms with Crippen molar-refractivity contribution in [1.29, 1.82) is 0 Å². The summed E-state index contributed by atoms with van der Waals surface area (Å²) in [6.07, 6.45) is 5.91. The summed E-state index contributed by atoms with van der Waals surface area (Å²) >= 11 is 0. The van der Waals surface area contributed by atoms with Crippen molar-refractivity contribution in [2.45, 2.75) is 38.5 Å². The van der Waals surface area contributed by atoms with Crippen molar-refractivity contribution >= 4 is 31.9 Å². The van der Waals surface area contributed by atoms with Crippen LogP contribution in [0.3, 0.4) is 0 Å². The highest BCUT2D eigenvalue weighted by atomic mass is 32.2. The maximum absolute atomic E-state index is 12.3. The van der Waals surface area contributed by atoms with E-state index in [0.29, 0.717) is 37.3 Å². The Morgan fingerprint density at radius 1 is 0.676 bits per heavy atom. The summed E-state index contributed by atoms with van der Waals surface area (Å²) in [4.78, 5) is 25.4. The van der Waals surface area contributed by atoms with Crippen LogP contribution in [0.15, 0.2) is 24.3 Å². The molecule has 0 unspecified atom stereocenters. The zero-order chi connectivity index (χ0) is 26.8. The Kier molecular flexibility index (Phi) is 13.8. The van der Waals surface area contributed by atoms with Gasteiger partial charge in [-0.2, -0.15) is 0 Å². The summed E-state index contributed by atoms with van der Waals surface area (Å²) in [5, 5.41) is 0. The number of fused-ring (bicyclic) bond motifs is 1. The fourth-order valence-electron chi connectivity index (χ4n) is 4.34. The maximum Gasteiger partial charge on any atom is 0.261 e. The van der Waals surface area contributed by atoms with Crippen molar-refractivity contribution < 1.29 is 31.9 Å². The van der Waals surface area contributed by atoms with Gasteiger partial charge in [-0.1, -0.05) is 25.0 Å². The van der Waals surface area contributed by atoms with Gasteiger partial charge in [0.1, 0.15) is 0 Å². The Morgan fingerprint density at radius 2 is 1.05 bits per heavy atom. The SMILES string of the molecule is NCCS(=O)(=O)N1CCCCC1.NN.O.O=C1c2ccccc2C(=O)N1CCS(=O)(=O)N1CCCCC1. The van der Waals surface area contributed by atoms with Crippen LogP contribution >= 0.6 is 0 Å². The highest BCUT2D eigenvalue weighted by molar-refractivity contribution is 7.89. The smallest absolute Gasteiger partial charge is 0.261 e. The number of sulfonamides is 2. The molecule has 0 bridgehead atoms. The topological polar surface area (TPSA) is 222 Å². The highest BCUT2D eigenvalue weighted by Crippen LogP contribution is 2.23. The van der Waals surface area contributed by atoms with Crippen LogP contribution in [0.4, 0.5) is 0 Å². The molecule has 2 saturated heterocycles. The third-order valence-corrected chi connectivity index (χ3v) is 10.00. The number of amides is 2. The lowest BCUT2D eigenvalue weighted by molar-refractivity contribution is 0.0663. The van der Waals surface area contributed by atoms with E-state index in [1.54, 1.807) is 28.6 Å². The Morgan fingerprint density at radius 3 is 1.43 bits per heavy atom. The quantitative estimate of drug-likeness (QED) is 0.206. The molecule has 8 N–H and O–H groups in total. The Balaban J connectivity index is 0.000000390. The van der Waals surface area contributed by atoms with Gasteiger partial charge in [0.15, 0.2) is 0 Å². The van der Waals surface area contributed by atoms with Gasteiger partial charge in [0.25, 0.3) is 11.8 Å². The first-order valence-electron chi connectivity index (χ1n) is 12.1. The average Bonchev–Trinajstić information content (AvgIpc) is 3.15. The van der Waals surface area contributed by atoms with E-state index in [0.717, 1.165) is 43.4 Å². The van der Waals surface area contributed by atoms with Gasteiger partial charge >= 0.3 is 0 Å². The molecule has 15 heteroatoms. The molecule has 2 amide bonds. The lowest BCUT2D eigenvalue weighted by Crippen LogP contribution is -2.41. The van der Waals surface area contributed by atoms with Gasteiger partial charge in [-0.15, -0.1) is 0 Å². The van der Waals surface area contributed by atoms with Crippen molar-refractivity contribution in [3.63, 3.8) is 0 Å². The van der Waals surface area contributed by atoms with Gasteiger partial charge in [0.05, 0.1) is 22.6 Å². The number of nitrogens with two attached hydrogens (primary N) is 3. The van der Waals surface area contributed by atoms with Crippen molar-refractivity contribution in [1.82, 2.24) is 13.5 Å². The molecule has 4 rings (SSSR count). The van der Waals surface area contributed by atoms with E-state index in [1.807, 2.05) is 0 Å². The standard InChI is InChI=1S/C15H18N2O4S.C7H16N2O2S.H4N2.H2O/c18-14-12-6-2-3-7-13(12)15(19)17(14)10-11-22(20,21)16-8-4-1-5-9-16;8-4-7-12(10,11)9-5-2-1-3-6-9;1-2;/h2-3,6-7H,1,4-5,8-11H2;1-8H2;1-2H2;1H2. The number of hydrogen-bond donors (Lipinski definition) is 3. The fourth-order valence-corrected chi connectivity index (χ4v) is 7.20. The first kappa shape index (κ1) is 33.0.